The molecular formula is C15H22ClN. The number of nitrogens with zero attached hydrogens (tertiary/aromatic N) is 1. The summed E-state index contributed by atoms with van der Waals surface area (Å²) in [5.74, 6) is 0.632. The third-order valence-corrected chi connectivity index (χ3v) is 4.61. The number of halogens is 1. The molecule has 0 saturated heterocycles. The fraction of sp³-hybridized carbons (Fsp3) is 0.667. The Hall–Kier alpha value is -0.560. The van der Waals surface area contributed by atoms with Crippen molar-refractivity contribution in [2.24, 2.45) is 11.3 Å². The Balaban J connectivity index is 2.01. The van der Waals surface area contributed by atoms with E-state index in [9.17, 15) is 0 Å². The van der Waals surface area contributed by atoms with Gasteiger partial charge in [0.15, 0.2) is 0 Å². The van der Waals surface area contributed by atoms with Crippen molar-refractivity contribution in [3.63, 3.8) is 0 Å². The van der Waals surface area contributed by atoms with Crippen LogP contribution in [0.5, 0.6) is 0 Å². The maximum absolute atomic E-state index is 6.61. The highest BCUT2D eigenvalue weighted by Gasteiger charge is 2.38. The van der Waals surface area contributed by atoms with E-state index in [1.165, 1.54) is 24.8 Å². The molecule has 0 aliphatic heterocycles. The molecule has 1 aromatic rings. The van der Waals surface area contributed by atoms with Crippen molar-refractivity contribution >= 4 is 11.6 Å². The van der Waals surface area contributed by atoms with Crippen LogP contribution in [0.2, 0.25) is 0 Å². The van der Waals surface area contributed by atoms with E-state index in [0.717, 1.165) is 12.1 Å². The third kappa shape index (κ3) is 3.01. The number of aryl methyl sites for hydroxylation is 1. The molecule has 0 amide bonds. The largest absolute Gasteiger partial charge is 0.261 e. The fourth-order valence-electron chi connectivity index (χ4n) is 2.99. The van der Waals surface area contributed by atoms with Crippen LogP contribution in [-0.2, 0) is 6.42 Å². The van der Waals surface area contributed by atoms with Crippen molar-refractivity contribution < 1.29 is 0 Å². The van der Waals surface area contributed by atoms with E-state index in [1.54, 1.807) is 0 Å². The van der Waals surface area contributed by atoms with Gasteiger partial charge in [0.25, 0.3) is 0 Å². The SMILES string of the molecule is Cc1ccc(CC(Cl)C2CCCC2(C)C)nc1. The molecule has 2 heteroatoms. The van der Waals surface area contributed by atoms with Crippen LogP contribution in [0.1, 0.15) is 44.4 Å². The zero-order valence-corrected chi connectivity index (χ0v) is 11.8. The molecule has 1 saturated carbocycles. The predicted octanol–water partition coefficient (Wildman–Crippen LogP) is 4.37. The molecule has 1 nitrogen and oxygen atoms in total. The number of hydrogen-bond acceptors (Lipinski definition) is 1. The van der Waals surface area contributed by atoms with Crippen molar-refractivity contribution in [3.8, 4) is 0 Å². The van der Waals surface area contributed by atoms with Gasteiger partial charge in [-0.05, 0) is 42.7 Å². The smallest absolute Gasteiger partial charge is 0.0424 e. The second-order valence-corrected chi connectivity index (χ2v) is 6.59. The van der Waals surface area contributed by atoms with Gasteiger partial charge in [-0.15, -0.1) is 11.6 Å². The lowest BCUT2D eigenvalue weighted by molar-refractivity contribution is 0.250. The molecule has 17 heavy (non-hydrogen) atoms. The third-order valence-electron chi connectivity index (χ3n) is 4.15. The summed E-state index contributed by atoms with van der Waals surface area (Å²) in [5, 5.41) is 0.225. The maximum atomic E-state index is 6.61. The minimum atomic E-state index is 0.225. The Morgan fingerprint density at radius 2 is 2.24 bits per heavy atom. The summed E-state index contributed by atoms with van der Waals surface area (Å²) in [5.41, 5.74) is 2.73. The first-order valence-corrected chi connectivity index (χ1v) is 6.98. The standard InChI is InChI=1S/C15H22ClN/c1-11-6-7-12(17-10-11)9-14(16)13-5-4-8-15(13,2)3/h6-7,10,13-14H,4-5,8-9H2,1-3H3. The summed E-state index contributed by atoms with van der Waals surface area (Å²) in [7, 11) is 0. The first kappa shape index (κ1) is 12.9. The molecule has 1 fully saturated rings. The number of hydrogen-bond donors (Lipinski definition) is 0. The average molecular weight is 252 g/mol. The predicted molar refractivity (Wildman–Crippen MR) is 73.4 cm³/mol. The average Bonchev–Trinajstić information content (AvgIpc) is 2.61. The Labute approximate surface area is 110 Å². The second-order valence-electron chi connectivity index (χ2n) is 6.03. The van der Waals surface area contributed by atoms with Crippen LogP contribution in [0.4, 0.5) is 0 Å². The molecule has 0 spiro atoms. The van der Waals surface area contributed by atoms with E-state index in [-0.39, 0.29) is 5.38 Å². The van der Waals surface area contributed by atoms with Gasteiger partial charge < -0.3 is 0 Å². The lowest BCUT2D eigenvalue weighted by atomic mass is 9.79. The highest BCUT2D eigenvalue weighted by atomic mass is 35.5. The van der Waals surface area contributed by atoms with Gasteiger partial charge in [0, 0.05) is 23.7 Å². The quantitative estimate of drug-likeness (QED) is 0.727. The zero-order valence-electron chi connectivity index (χ0n) is 11.0. The van der Waals surface area contributed by atoms with E-state index < -0.39 is 0 Å². The number of aromatic nitrogens is 1. The van der Waals surface area contributed by atoms with Crippen LogP contribution in [0.3, 0.4) is 0 Å². The lowest BCUT2D eigenvalue weighted by Gasteiger charge is -2.30. The Morgan fingerprint density at radius 1 is 1.47 bits per heavy atom. The minimum Gasteiger partial charge on any atom is -0.261 e. The van der Waals surface area contributed by atoms with Crippen LogP contribution < -0.4 is 0 Å². The maximum Gasteiger partial charge on any atom is 0.0424 e. The first-order valence-electron chi connectivity index (χ1n) is 6.54. The summed E-state index contributed by atoms with van der Waals surface area (Å²) < 4.78 is 0. The van der Waals surface area contributed by atoms with E-state index in [4.69, 9.17) is 11.6 Å². The summed E-state index contributed by atoms with van der Waals surface area (Å²) in [6.45, 7) is 6.76. The van der Waals surface area contributed by atoms with Crippen molar-refractivity contribution in [1.29, 1.82) is 0 Å². The van der Waals surface area contributed by atoms with Gasteiger partial charge in [-0.2, -0.15) is 0 Å². The highest BCUT2D eigenvalue weighted by molar-refractivity contribution is 6.21. The van der Waals surface area contributed by atoms with E-state index in [0.29, 0.717) is 11.3 Å². The molecule has 0 aromatic carbocycles. The molecule has 1 aliphatic carbocycles. The van der Waals surface area contributed by atoms with Crippen LogP contribution in [0.15, 0.2) is 18.3 Å². The van der Waals surface area contributed by atoms with Crippen LogP contribution in [0, 0.1) is 18.3 Å². The second kappa shape index (κ2) is 4.97. The molecule has 1 aliphatic rings. The van der Waals surface area contributed by atoms with E-state index in [1.807, 2.05) is 6.20 Å². The summed E-state index contributed by atoms with van der Waals surface area (Å²) in [6, 6.07) is 4.22. The Morgan fingerprint density at radius 3 is 2.76 bits per heavy atom. The van der Waals surface area contributed by atoms with Crippen LogP contribution in [-0.4, -0.2) is 10.4 Å². The molecule has 94 valence electrons. The van der Waals surface area contributed by atoms with Gasteiger partial charge in [-0.3, -0.25) is 4.98 Å². The molecule has 0 bridgehead atoms. The monoisotopic (exact) mass is 251 g/mol. The van der Waals surface area contributed by atoms with Crippen molar-refractivity contribution in [2.45, 2.75) is 51.8 Å². The Kier molecular flexibility index (Phi) is 3.77. The highest BCUT2D eigenvalue weighted by Crippen LogP contribution is 2.46. The molecule has 2 rings (SSSR count). The van der Waals surface area contributed by atoms with Gasteiger partial charge in [-0.25, -0.2) is 0 Å². The van der Waals surface area contributed by atoms with E-state index in [2.05, 4.69) is 37.9 Å². The van der Waals surface area contributed by atoms with E-state index >= 15 is 0 Å². The number of pyridine rings is 1. The van der Waals surface area contributed by atoms with Gasteiger partial charge in [0.1, 0.15) is 0 Å². The first-order chi connectivity index (χ1) is 7.99. The topological polar surface area (TPSA) is 12.9 Å². The number of alkyl halides is 1. The molecule has 2 atom stereocenters. The molecule has 2 unspecified atom stereocenters. The van der Waals surface area contributed by atoms with Crippen molar-refractivity contribution in [3.05, 3.63) is 29.6 Å². The molecule has 0 N–H and O–H groups in total. The zero-order chi connectivity index (χ0) is 12.5. The molecule has 1 heterocycles. The molecule has 0 radical (unpaired) electrons. The lowest BCUT2D eigenvalue weighted by Crippen LogP contribution is -2.27. The Bertz CT molecular complexity index is 369. The van der Waals surface area contributed by atoms with Gasteiger partial charge in [0.2, 0.25) is 0 Å². The van der Waals surface area contributed by atoms with Gasteiger partial charge in [0.05, 0.1) is 0 Å². The number of rotatable bonds is 3. The normalized spacial score (nSPS) is 24.8. The molecular weight excluding hydrogens is 230 g/mol. The minimum absolute atomic E-state index is 0.225. The fourth-order valence-corrected chi connectivity index (χ4v) is 3.61. The van der Waals surface area contributed by atoms with Crippen molar-refractivity contribution in [1.82, 2.24) is 4.98 Å². The summed E-state index contributed by atoms with van der Waals surface area (Å²) in [6.07, 6.45) is 6.73. The van der Waals surface area contributed by atoms with Crippen molar-refractivity contribution in [2.75, 3.05) is 0 Å². The van der Waals surface area contributed by atoms with Crippen LogP contribution in [0.25, 0.3) is 0 Å². The van der Waals surface area contributed by atoms with Crippen LogP contribution >= 0.6 is 11.6 Å². The summed E-state index contributed by atoms with van der Waals surface area (Å²) in [4.78, 5) is 4.45. The molecule has 1 aromatic heterocycles. The summed E-state index contributed by atoms with van der Waals surface area (Å²) >= 11 is 6.61. The van der Waals surface area contributed by atoms with Gasteiger partial charge >= 0.3 is 0 Å². The van der Waals surface area contributed by atoms with Gasteiger partial charge in [-0.1, -0.05) is 26.3 Å².